The SMILES string of the molecule is O=C=S1C=CCS1. The second-order valence-corrected chi connectivity index (χ2v) is 4.42. The van der Waals surface area contributed by atoms with Crippen LogP contribution in [-0.2, 0) is 4.79 Å². The average Bonchev–Trinajstić information content (AvgIpc) is 2.14. The van der Waals surface area contributed by atoms with E-state index in [9.17, 15) is 4.79 Å². The van der Waals surface area contributed by atoms with Gasteiger partial charge >= 0.3 is 0 Å². The lowest BCUT2D eigenvalue weighted by Crippen LogP contribution is -1.49. The second kappa shape index (κ2) is 2.36. The predicted molar refractivity (Wildman–Crippen MR) is 34.9 cm³/mol. The predicted octanol–water partition coefficient (Wildman–Crippen LogP) is 1.50. The van der Waals surface area contributed by atoms with E-state index in [2.05, 4.69) is 0 Å². The minimum absolute atomic E-state index is 0.204. The Kier molecular flexibility index (Phi) is 1.74. The van der Waals surface area contributed by atoms with Gasteiger partial charge in [-0.2, -0.15) is 0 Å². The Morgan fingerprint density at radius 3 is 3.00 bits per heavy atom. The summed E-state index contributed by atoms with van der Waals surface area (Å²) in [5.74, 6) is 0.984. The van der Waals surface area contributed by atoms with Crippen LogP contribution in [0.3, 0.4) is 0 Å². The van der Waals surface area contributed by atoms with Crippen molar-refractivity contribution in [3.05, 3.63) is 11.5 Å². The topological polar surface area (TPSA) is 17.1 Å². The molecule has 0 N–H and O–H groups in total. The summed E-state index contributed by atoms with van der Waals surface area (Å²) in [6.07, 6.45) is 2.00. The summed E-state index contributed by atoms with van der Waals surface area (Å²) in [5, 5.41) is 3.82. The molecular weight excluding hydrogens is 128 g/mol. The molecule has 0 aromatic rings. The first-order chi connectivity index (χ1) is 3.43. The van der Waals surface area contributed by atoms with Crippen LogP contribution in [0.1, 0.15) is 0 Å². The zero-order valence-corrected chi connectivity index (χ0v) is 5.22. The standard InChI is InChI=1S/C4H4OS2/c5-4-7-3-1-2-6-7/h1,3H,2H2. The second-order valence-electron chi connectivity index (χ2n) is 1.04. The first kappa shape index (κ1) is 5.16. The van der Waals surface area contributed by atoms with Crippen molar-refractivity contribution in [2.75, 3.05) is 5.75 Å². The smallest absolute Gasteiger partial charge is 0.170 e. The molecule has 1 aliphatic rings. The van der Waals surface area contributed by atoms with Crippen LogP contribution in [0.2, 0.25) is 0 Å². The maximum Gasteiger partial charge on any atom is 0.170 e. The number of carbonyl (C=O) groups excluding carboxylic acids is 1. The van der Waals surface area contributed by atoms with Crippen LogP contribution in [0, 0.1) is 0 Å². The van der Waals surface area contributed by atoms with E-state index in [-0.39, 0.29) is 9.52 Å². The van der Waals surface area contributed by atoms with Crippen LogP contribution >= 0.6 is 20.3 Å². The molecule has 0 spiro atoms. The molecule has 0 saturated carbocycles. The summed E-state index contributed by atoms with van der Waals surface area (Å²) in [6, 6.07) is 0. The van der Waals surface area contributed by atoms with E-state index >= 15 is 0 Å². The molecule has 1 atom stereocenters. The summed E-state index contributed by atoms with van der Waals surface area (Å²) in [6.45, 7) is 0. The van der Waals surface area contributed by atoms with Gasteiger partial charge < -0.3 is 0 Å². The van der Waals surface area contributed by atoms with Crippen LogP contribution < -0.4 is 0 Å². The Morgan fingerprint density at radius 1 is 1.86 bits per heavy atom. The van der Waals surface area contributed by atoms with Crippen molar-refractivity contribution in [1.82, 2.24) is 0 Å². The fourth-order valence-corrected chi connectivity index (χ4v) is 2.52. The molecule has 0 aliphatic carbocycles. The Labute approximate surface area is 48.1 Å². The molecule has 38 valence electrons. The highest BCUT2D eigenvalue weighted by atomic mass is 33.1. The van der Waals surface area contributed by atoms with E-state index in [4.69, 9.17) is 0 Å². The first-order valence-electron chi connectivity index (χ1n) is 1.84. The lowest BCUT2D eigenvalue weighted by molar-refractivity contribution is 0.572. The van der Waals surface area contributed by atoms with Crippen LogP contribution in [0.15, 0.2) is 11.5 Å². The van der Waals surface area contributed by atoms with Gasteiger partial charge in [0, 0.05) is 5.75 Å². The molecule has 0 amide bonds. The summed E-state index contributed by atoms with van der Waals surface area (Å²) in [4.78, 5) is 9.82. The lowest BCUT2D eigenvalue weighted by atomic mass is 10.8. The van der Waals surface area contributed by atoms with Gasteiger partial charge in [0.15, 0.2) is 5.23 Å². The molecule has 0 radical (unpaired) electrons. The molecule has 0 bridgehead atoms. The largest absolute Gasteiger partial charge is 0.225 e. The minimum atomic E-state index is -0.204. The molecule has 3 heteroatoms. The van der Waals surface area contributed by atoms with Crippen molar-refractivity contribution in [3.63, 3.8) is 0 Å². The molecule has 0 saturated heterocycles. The fraction of sp³-hybridized carbons (Fsp3) is 0.250. The van der Waals surface area contributed by atoms with Gasteiger partial charge in [-0.1, -0.05) is 16.9 Å². The molecule has 1 heterocycles. The zero-order valence-electron chi connectivity index (χ0n) is 3.59. The van der Waals surface area contributed by atoms with E-state index in [0.29, 0.717) is 0 Å². The Morgan fingerprint density at radius 2 is 2.71 bits per heavy atom. The molecule has 1 aliphatic heterocycles. The molecular formula is C4H4OS2. The van der Waals surface area contributed by atoms with Crippen molar-refractivity contribution in [1.29, 1.82) is 0 Å². The summed E-state index contributed by atoms with van der Waals surface area (Å²) >= 11 is 0. The lowest BCUT2D eigenvalue weighted by Gasteiger charge is -1.78. The van der Waals surface area contributed by atoms with Gasteiger partial charge in [-0.15, -0.1) is 0 Å². The van der Waals surface area contributed by atoms with Gasteiger partial charge in [0.05, 0.1) is 0 Å². The van der Waals surface area contributed by atoms with Gasteiger partial charge in [0.2, 0.25) is 0 Å². The first-order valence-corrected chi connectivity index (χ1v) is 4.63. The molecule has 0 fully saturated rings. The van der Waals surface area contributed by atoms with E-state index in [1.165, 1.54) is 0 Å². The number of rotatable bonds is 0. The van der Waals surface area contributed by atoms with Crippen LogP contribution in [-0.4, -0.2) is 11.0 Å². The van der Waals surface area contributed by atoms with Gasteiger partial charge in [-0.3, -0.25) is 0 Å². The van der Waals surface area contributed by atoms with E-state index < -0.39 is 0 Å². The van der Waals surface area contributed by atoms with Gasteiger partial charge in [-0.05, 0) is 14.9 Å². The number of hydrogen-bond donors (Lipinski definition) is 0. The Hall–Kier alpha value is 0.0200. The van der Waals surface area contributed by atoms with E-state index in [0.717, 1.165) is 5.75 Å². The molecule has 7 heavy (non-hydrogen) atoms. The van der Waals surface area contributed by atoms with Gasteiger partial charge in [-0.25, -0.2) is 4.79 Å². The average molecular weight is 132 g/mol. The third-order valence-electron chi connectivity index (χ3n) is 0.593. The van der Waals surface area contributed by atoms with Gasteiger partial charge in [0.25, 0.3) is 0 Å². The normalized spacial score (nSPS) is 27.7. The molecule has 0 aromatic heterocycles. The van der Waals surface area contributed by atoms with E-state index in [1.54, 1.807) is 10.8 Å². The quantitative estimate of drug-likeness (QED) is 0.367. The molecule has 1 rings (SSSR count). The van der Waals surface area contributed by atoms with Gasteiger partial charge in [0.1, 0.15) is 0 Å². The molecule has 0 aromatic carbocycles. The van der Waals surface area contributed by atoms with Crippen LogP contribution in [0.25, 0.3) is 0 Å². The van der Waals surface area contributed by atoms with Crippen LogP contribution in [0.5, 0.6) is 0 Å². The Balaban J connectivity index is 2.77. The summed E-state index contributed by atoms with van der Waals surface area (Å²) in [7, 11) is 1.43. The molecule has 1 unspecified atom stereocenters. The third-order valence-corrected chi connectivity index (χ3v) is 3.49. The Bertz CT molecular complexity index is 144. The maximum absolute atomic E-state index is 9.82. The highest BCUT2D eigenvalue weighted by Gasteiger charge is 1.95. The number of hydrogen-bond acceptors (Lipinski definition) is 2. The van der Waals surface area contributed by atoms with Crippen molar-refractivity contribution < 1.29 is 4.79 Å². The zero-order chi connectivity index (χ0) is 5.11. The van der Waals surface area contributed by atoms with Crippen molar-refractivity contribution in [3.8, 4) is 0 Å². The van der Waals surface area contributed by atoms with Crippen LogP contribution in [0.4, 0.5) is 0 Å². The highest BCUT2D eigenvalue weighted by Crippen LogP contribution is 2.35. The fourth-order valence-electron chi connectivity index (χ4n) is 0.330. The monoisotopic (exact) mass is 132 g/mol. The summed E-state index contributed by atoms with van der Waals surface area (Å²) in [5.41, 5.74) is 0. The summed E-state index contributed by atoms with van der Waals surface area (Å²) < 4.78 is 0. The molecule has 1 nitrogen and oxygen atoms in total. The minimum Gasteiger partial charge on any atom is -0.225 e. The highest BCUT2D eigenvalue weighted by molar-refractivity contribution is 8.85. The maximum atomic E-state index is 9.82. The van der Waals surface area contributed by atoms with Crippen molar-refractivity contribution in [2.45, 2.75) is 0 Å². The van der Waals surface area contributed by atoms with E-state index in [1.807, 2.05) is 16.7 Å². The third kappa shape index (κ3) is 1.20. The van der Waals surface area contributed by atoms with Crippen molar-refractivity contribution >= 4 is 25.5 Å². The van der Waals surface area contributed by atoms with Crippen molar-refractivity contribution in [2.24, 2.45) is 0 Å².